The number of nitrogens with one attached hydrogen (secondary N) is 2. The Morgan fingerprint density at radius 3 is 2.96 bits per heavy atom. The maximum Gasteiger partial charge on any atom is 0.244 e. The lowest BCUT2D eigenvalue weighted by atomic mass is 9.97. The Labute approximate surface area is 177 Å². The normalized spacial score (nSPS) is 17.6. The van der Waals surface area contributed by atoms with Crippen LogP contribution in [-0.4, -0.2) is 42.6 Å². The number of piperidine rings is 1. The van der Waals surface area contributed by atoms with Crippen LogP contribution in [0.25, 0.3) is 0 Å². The van der Waals surface area contributed by atoms with Crippen molar-refractivity contribution < 1.29 is 9.59 Å². The van der Waals surface area contributed by atoms with Crippen LogP contribution in [-0.2, 0) is 9.59 Å². The van der Waals surface area contributed by atoms with Crippen molar-refractivity contribution in [3.8, 4) is 0 Å². The number of carbonyl (C=O) groups is 2. The molecule has 2 amide bonds. The minimum absolute atomic E-state index is 0.129. The van der Waals surface area contributed by atoms with Gasteiger partial charge in [-0.05, 0) is 49.0 Å². The second-order valence-corrected chi connectivity index (χ2v) is 8.32. The van der Waals surface area contributed by atoms with Crippen LogP contribution in [0.4, 0.5) is 5.69 Å². The number of likely N-dealkylation sites (tertiary alicyclic amines) is 1. The van der Waals surface area contributed by atoms with Gasteiger partial charge in [0.15, 0.2) is 0 Å². The molecule has 0 bridgehead atoms. The van der Waals surface area contributed by atoms with Crippen LogP contribution >= 0.6 is 34.5 Å². The van der Waals surface area contributed by atoms with E-state index in [9.17, 15) is 9.59 Å². The number of nitrogens with zero attached hydrogens (tertiary/aromatic N) is 2. The molecule has 0 saturated carbocycles. The first kappa shape index (κ1) is 20.8. The molecule has 28 heavy (non-hydrogen) atoms. The van der Waals surface area contributed by atoms with E-state index >= 15 is 0 Å². The third kappa shape index (κ3) is 6.04. The van der Waals surface area contributed by atoms with E-state index in [0.717, 1.165) is 24.3 Å². The number of hydrogen-bond donors (Lipinski definition) is 2. The summed E-state index contributed by atoms with van der Waals surface area (Å²) >= 11 is 13.6. The predicted octanol–water partition coefficient (Wildman–Crippen LogP) is 3.86. The molecular weight excluding hydrogens is 419 g/mol. The van der Waals surface area contributed by atoms with Crippen molar-refractivity contribution in [3.63, 3.8) is 0 Å². The number of rotatable bonds is 6. The second kappa shape index (κ2) is 10.0. The molecule has 148 valence electrons. The summed E-state index contributed by atoms with van der Waals surface area (Å²) < 4.78 is 0. The van der Waals surface area contributed by atoms with E-state index in [1.807, 2.05) is 22.4 Å². The summed E-state index contributed by atoms with van der Waals surface area (Å²) in [6, 6.07) is 8.76. The maximum absolute atomic E-state index is 12.4. The van der Waals surface area contributed by atoms with Gasteiger partial charge in [0.05, 0.1) is 29.4 Å². The highest BCUT2D eigenvalue weighted by Gasteiger charge is 2.26. The van der Waals surface area contributed by atoms with Crippen LogP contribution in [0, 0.1) is 5.92 Å². The SMILES string of the molecule is O=C(CN1CCC[C@@H](C(=O)N/N=C\c2cccs2)C1)Nc1cc(Cl)ccc1Cl. The zero-order valence-electron chi connectivity index (χ0n) is 15.0. The van der Waals surface area contributed by atoms with E-state index in [0.29, 0.717) is 22.3 Å². The average molecular weight is 439 g/mol. The van der Waals surface area contributed by atoms with Crippen molar-refractivity contribution in [2.24, 2.45) is 11.0 Å². The molecule has 1 aliphatic rings. The van der Waals surface area contributed by atoms with Gasteiger partial charge in [-0.1, -0.05) is 29.3 Å². The van der Waals surface area contributed by atoms with Crippen molar-refractivity contribution in [3.05, 3.63) is 50.6 Å². The highest BCUT2D eigenvalue weighted by atomic mass is 35.5. The molecule has 0 aliphatic carbocycles. The summed E-state index contributed by atoms with van der Waals surface area (Å²) in [5.41, 5.74) is 3.08. The molecule has 0 radical (unpaired) electrons. The molecule has 1 saturated heterocycles. The Hall–Kier alpha value is -1.93. The summed E-state index contributed by atoms with van der Waals surface area (Å²) in [6.07, 6.45) is 3.25. The summed E-state index contributed by atoms with van der Waals surface area (Å²) in [7, 11) is 0. The largest absolute Gasteiger partial charge is 0.324 e. The monoisotopic (exact) mass is 438 g/mol. The third-order valence-corrected chi connectivity index (χ3v) is 5.73. The van der Waals surface area contributed by atoms with Gasteiger partial charge in [0.25, 0.3) is 0 Å². The molecule has 3 rings (SSSR count). The number of thiophene rings is 1. The number of anilines is 1. The first-order valence-corrected chi connectivity index (χ1v) is 10.5. The minimum Gasteiger partial charge on any atom is -0.324 e. The van der Waals surface area contributed by atoms with E-state index in [1.54, 1.807) is 35.8 Å². The van der Waals surface area contributed by atoms with E-state index < -0.39 is 0 Å². The van der Waals surface area contributed by atoms with Gasteiger partial charge >= 0.3 is 0 Å². The Balaban J connectivity index is 1.49. The molecule has 0 unspecified atom stereocenters. The lowest BCUT2D eigenvalue weighted by Gasteiger charge is -2.31. The molecule has 1 aromatic carbocycles. The highest BCUT2D eigenvalue weighted by molar-refractivity contribution is 7.11. The fourth-order valence-corrected chi connectivity index (χ4v) is 3.94. The van der Waals surface area contributed by atoms with Crippen LogP contribution in [0.2, 0.25) is 10.0 Å². The van der Waals surface area contributed by atoms with E-state index in [-0.39, 0.29) is 24.3 Å². The topological polar surface area (TPSA) is 73.8 Å². The Morgan fingerprint density at radius 1 is 1.32 bits per heavy atom. The summed E-state index contributed by atoms with van der Waals surface area (Å²) in [4.78, 5) is 27.6. The molecule has 0 spiro atoms. The predicted molar refractivity (Wildman–Crippen MR) is 114 cm³/mol. The Kier molecular flexibility index (Phi) is 7.44. The molecule has 2 aromatic rings. The van der Waals surface area contributed by atoms with Crippen LogP contribution in [0.1, 0.15) is 17.7 Å². The van der Waals surface area contributed by atoms with Crippen LogP contribution < -0.4 is 10.7 Å². The minimum atomic E-state index is -0.197. The fourth-order valence-electron chi connectivity index (χ4n) is 3.01. The van der Waals surface area contributed by atoms with Crippen molar-refractivity contribution in [2.75, 3.05) is 25.0 Å². The van der Waals surface area contributed by atoms with E-state index in [4.69, 9.17) is 23.2 Å². The van der Waals surface area contributed by atoms with Gasteiger partial charge in [-0.2, -0.15) is 5.10 Å². The number of carbonyl (C=O) groups excluding carboxylic acids is 2. The first-order valence-electron chi connectivity index (χ1n) is 8.85. The van der Waals surface area contributed by atoms with Crippen LogP contribution in [0.15, 0.2) is 40.8 Å². The standard InChI is InChI=1S/C19H20Cl2N4O2S/c20-14-5-6-16(21)17(9-14)23-18(26)12-25-7-1-3-13(11-25)19(27)24-22-10-15-4-2-8-28-15/h2,4-6,8-10,13H,1,3,7,11-12H2,(H,23,26)(H,24,27)/b22-10-/t13-/m1/s1. The smallest absolute Gasteiger partial charge is 0.244 e. The molecule has 9 heteroatoms. The van der Waals surface area contributed by atoms with Crippen LogP contribution in [0.3, 0.4) is 0 Å². The molecule has 2 heterocycles. The van der Waals surface area contributed by atoms with Gasteiger partial charge in [0.2, 0.25) is 11.8 Å². The summed E-state index contributed by atoms with van der Waals surface area (Å²) in [6.45, 7) is 1.46. The Morgan fingerprint density at radius 2 is 2.18 bits per heavy atom. The van der Waals surface area contributed by atoms with Gasteiger partial charge < -0.3 is 5.32 Å². The zero-order chi connectivity index (χ0) is 19.9. The second-order valence-electron chi connectivity index (χ2n) is 6.50. The van der Waals surface area contributed by atoms with E-state index in [2.05, 4.69) is 15.8 Å². The lowest BCUT2D eigenvalue weighted by molar-refractivity contribution is -0.127. The van der Waals surface area contributed by atoms with Crippen molar-refractivity contribution in [1.82, 2.24) is 10.3 Å². The van der Waals surface area contributed by atoms with Crippen molar-refractivity contribution in [2.45, 2.75) is 12.8 Å². The molecule has 1 aliphatic heterocycles. The van der Waals surface area contributed by atoms with Gasteiger partial charge in [-0.15, -0.1) is 11.3 Å². The highest BCUT2D eigenvalue weighted by Crippen LogP contribution is 2.25. The van der Waals surface area contributed by atoms with E-state index in [1.165, 1.54) is 0 Å². The maximum atomic E-state index is 12.4. The number of hydrogen-bond acceptors (Lipinski definition) is 5. The molecular formula is C19H20Cl2N4O2S. The molecule has 1 atom stereocenters. The molecule has 1 aromatic heterocycles. The number of amides is 2. The average Bonchev–Trinajstić information content (AvgIpc) is 3.18. The first-order chi connectivity index (χ1) is 13.5. The number of halogens is 2. The quantitative estimate of drug-likeness (QED) is 0.531. The summed E-state index contributed by atoms with van der Waals surface area (Å²) in [5.74, 6) is -0.520. The van der Waals surface area contributed by atoms with Gasteiger partial charge in [-0.3, -0.25) is 14.5 Å². The number of hydrazone groups is 1. The Bertz CT molecular complexity index is 858. The van der Waals surface area contributed by atoms with Crippen molar-refractivity contribution in [1.29, 1.82) is 0 Å². The molecule has 6 nitrogen and oxygen atoms in total. The third-order valence-electron chi connectivity index (χ3n) is 4.36. The zero-order valence-corrected chi connectivity index (χ0v) is 17.4. The summed E-state index contributed by atoms with van der Waals surface area (Å²) in [5, 5.41) is 9.66. The number of benzene rings is 1. The van der Waals surface area contributed by atoms with Crippen LogP contribution in [0.5, 0.6) is 0 Å². The lowest BCUT2D eigenvalue weighted by Crippen LogP contribution is -2.44. The molecule has 2 N–H and O–H groups in total. The van der Waals surface area contributed by atoms with Crippen molar-refractivity contribution >= 4 is 58.3 Å². The molecule has 1 fully saturated rings. The fraction of sp³-hybridized carbons (Fsp3) is 0.316. The van der Waals surface area contributed by atoms with Gasteiger partial charge in [0.1, 0.15) is 0 Å². The van der Waals surface area contributed by atoms with Gasteiger partial charge in [0, 0.05) is 16.4 Å². The van der Waals surface area contributed by atoms with Gasteiger partial charge in [-0.25, -0.2) is 5.43 Å².